The van der Waals surface area contributed by atoms with Gasteiger partial charge in [-0.05, 0) is 55.0 Å². The van der Waals surface area contributed by atoms with Crippen molar-refractivity contribution in [3.05, 3.63) is 47.5 Å². The zero-order valence-corrected chi connectivity index (χ0v) is 16.5. The van der Waals surface area contributed by atoms with E-state index >= 15 is 0 Å². The molecule has 0 amide bonds. The molecule has 0 aliphatic heterocycles. The van der Waals surface area contributed by atoms with Gasteiger partial charge in [-0.15, -0.1) is 0 Å². The van der Waals surface area contributed by atoms with Gasteiger partial charge in [0.05, 0.1) is 14.2 Å². The zero-order chi connectivity index (χ0) is 19.3. The van der Waals surface area contributed by atoms with Crippen LogP contribution in [0.4, 0.5) is 0 Å². The van der Waals surface area contributed by atoms with Crippen LogP contribution in [0.25, 0.3) is 0 Å². The van der Waals surface area contributed by atoms with Gasteiger partial charge in [-0.1, -0.05) is 12.1 Å². The van der Waals surface area contributed by atoms with Crippen LogP contribution >= 0.6 is 0 Å². The summed E-state index contributed by atoms with van der Waals surface area (Å²) in [6.45, 7) is 0.426. The van der Waals surface area contributed by atoms with Crippen LogP contribution in [-0.2, 0) is 22.9 Å². The van der Waals surface area contributed by atoms with Gasteiger partial charge in [0, 0.05) is 12.6 Å². The first-order valence-electron chi connectivity index (χ1n) is 9.00. The van der Waals surface area contributed by atoms with E-state index in [9.17, 15) is 8.42 Å². The van der Waals surface area contributed by atoms with Crippen LogP contribution in [0.5, 0.6) is 17.2 Å². The average molecular weight is 391 g/mol. The minimum Gasteiger partial charge on any atom is -0.497 e. The molecule has 0 bridgehead atoms. The Morgan fingerprint density at radius 3 is 2.59 bits per heavy atom. The maximum Gasteiger partial charge on any atom is 0.244 e. The summed E-state index contributed by atoms with van der Waals surface area (Å²) >= 11 is 0. The summed E-state index contributed by atoms with van der Waals surface area (Å²) in [6, 6.07) is 10.7. The molecule has 0 spiro atoms. The highest BCUT2D eigenvalue weighted by molar-refractivity contribution is 7.89. The highest BCUT2D eigenvalue weighted by Gasteiger charge is 2.20. The van der Waals surface area contributed by atoms with Gasteiger partial charge in [0.1, 0.15) is 28.8 Å². The molecule has 0 heterocycles. The largest absolute Gasteiger partial charge is 0.497 e. The van der Waals surface area contributed by atoms with Crippen molar-refractivity contribution in [2.24, 2.45) is 0 Å². The Morgan fingerprint density at radius 1 is 1.00 bits per heavy atom. The van der Waals surface area contributed by atoms with Gasteiger partial charge in [0.25, 0.3) is 0 Å². The van der Waals surface area contributed by atoms with Gasteiger partial charge in [0.2, 0.25) is 10.0 Å². The molecule has 0 saturated carbocycles. The van der Waals surface area contributed by atoms with Crippen molar-refractivity contribution in [1.82, 2.24) is 4.72 Å². The molecule has 146 valence electrons. The summed E-state index contributed by atoms with van der Waals surface area (Å²) in [6.07, 6.45) is 4.47. The minimum absolute atomic E-state index is 0.0721. The van der Waals surface area contributed by atoms with Gasteiger partial charge in [-0.3, -0.25) is 0 Å². The summed E-state index contributed by atoms with van der Waals surface area (Å²) < 4.78 is 43.8. The van der Waals surface area contributed by atoms with E-state index in [4.69, 9.17) is 14.2 Å². The number of methoxy groups -OCH3 is 2. The summed E-state index contributed by atoms with van der Waals surface area (Å²) in [5, 5.41) is 0. The molecule has 1 N–H and O–H groups in total. The van der Waals surface area contributed by atoms with E-state index in [1.165, 1.54) is 37.8 Å². The highest BCUT2D eigenvalue weighted by Crippen LogP contribution is 2.30. The second-order valence-corrected chi connectivity index (χ2v) is 8.10. The van der Waals surface area contributed by atoms with Gasteiger partial charge in [-0.25, -0.2) is 13.1 Å². The molecule has 6 nitrogen and oxygen atoms in total. The van der Waals surface area contributed by atoms with Crippen molar-refractivity contribution in [2.75, 3.05) is 27.4 Å². The second-order valence-electron chi connectivity index (χ2n) is 6.36. The molecule has 0 aromatic heterocycles. The fraction of sp³-hybridized carbons (Fsp3) is 0.400. The number of hydrogen-bond donors (Lipinski definition) is 1. The van der Waals surface area contributed by atoms with Crippen molar-refractivity contribution >= 4 is 10.0 Å². The van der Waals surface area contributed by atoms with Crippen LogP contribution < -0.4 is 18.9 Å². The number of rotatable bonds is 8. The highest BCUT2D eigenvalue weighted by atomic mass is 32.2. The monoisotopic (exact) mass is 391 g/mol. The lowest BCUT2D eigenvalue weighted by Gasteiger charge is -2.19. The number of hydrogen-bond acceptors (Lipinski definition) is 5. The minimum atomic E-state index is -3.71. The molecule has 2 aromatic rings. The van der Waals surface area contributed by atoms with Crippen LogP contribution in [0, 0.1) is 0 Å². The summed E-state index contributed by atoms with van der Waals surface area (Å²) in [5.74, 6) is 1.62. The molecule has 27 heavy (non-hydrogen) atoms. The number of ether oxygens (including phenoxy) is 3. The molecule has 3 rings (SSSR count). The maximum absolute atomic E-state index is 12.6. The number of benzene rings is 2. The Balaban J connectivity index is 1.62. The van der Waals surface area contributed by atoms with E-state index in [-0.39, 0.29) is 23.8 Å². The summed E-state index contributed by atoms with van der Waals surface area (Å²) in [7, 11) is -0.770. The molecule has 1 aliphatic carbocycles. The number of sulfonamides is 1. The molecule has 1 aliphatic rings. The molecule has 0 atom stereocenters. The number of fused-ring (bicyclic) bond motifs is 1. The standard InChI is InChI=1S/C20H25NO5S/c1-24-16-10-11-20(19(14-16)25-2)27(22,23)21-12-13-26-18-9-5-7-15-6-3-4-8-17(15)18/h5,7,9-11,14,21H,3-4,6,8,12-13H2,1-2H3. The van der Waals surface area contributed by atoms with E-state index in [2.05, 4.69) is 10.8 Å². The van der Waals surface area contributed by atoms with Crippen molar-refractivity contribution in [3.63, 3.8) is 0 Å². The van der Waals surface area contributed by atoms with Gasteiger partial charge >= 0.3 is 0 Å². The third-order valence-electron chi connectivity index (χ3n) is 4.66. The number of nitrogens with one attached hydrogen (secondary N) is 1. The van der Waals surface area contributed by atoms with E-state index in [1.807, 2.05) is 12.1 Å². The predicted molar refractivity (Wildman–Crippen MR) is 103 cm³/mol. The third-order valence-corrected chi connectivity index (χ3v) is 6.17. The van der Waals surface area contributed by atoms with E-state index in [1.54, 1.807) is 12.1 Å². The topological polar surface area (TPSA) is 73.9 Å². The first kappa shape index (κ1) is 19.5. The van der Waals surface area contributed by atoms with Crippen LogP contribution in [0.1, 0.15) is 24.0 Å². The Kier molecular flexibility index (Phi) is 6.23. The number of aryl methyl sites for hydroxylation is 1. The Bertz CT molecular complexity index is 895. The summed E-state index contributed by atoms with van der Waals surface area (Å²) in [5.41, 5.74) is 2.59. The van der Waals surface area contributed by atoms with E-state index in [0.29, 0.717) is 5.75 Å². The summed E-state index contributed by atoms with van der Waals surface area (Å²) in [4.78, 5) is 0.0721. The average Bonchev–Trinajstić information content (AvgIpc) is 2.70. The van der Waals surface area contributed by atoms with Crippen LogP contribution in [-0.4, -0.2) is 35.8 Å². The zero-order valence-electron chi connectivity index (χ0n) is 15.7. The lowest BCUT2D eigenvalue weighted by Crippen LogP contribution is -2.28. The quantitative estimate of drug-likeness (QED) is 0.701. The normalized spacial score (nSPS) is 13.7. The van der Waals surface area contributed by atoms with Gasteiger partial charge < -0.3 is 14.2 Å². The van der Waals surface area contributed by atoms with Crippen LogP contribution in [0.15, 0.2) is 41.3 Å². The molecule has 0 radical (unpaired) electrons. The van der Waals surface area contributed by atoms with Crippen molar-refractivity contribution in [2.45, 2.75) is 30.6 Å². The molecular formula is C20H25NO5S. The molecule has 7 heteroatoms. The van der Waals surface area contributed by atoms with Crippen LogP contribution in [0.2, 0.25) is 0 Å². The fourth-order valence-electron chi connectivity index (χ4n) is 3.29. The first-order valence-corrected chi connectivity index (χ1v) is 10.5. The Hall–Kier alpha value is -2.25. The first-order chi connectivity index (χ1) is 13.0. The van der Waals surface area contributed by atoms with E-state index < -0.39 is 10.0 Å². The molecular weight excluding hydrogens is 366 g/mol. The fourth-order valence-corrected chi connectivity index (χ4v) is 4.46. The van der Waals surface area contributed by atoms with Crippen molar-refractivity contribution in [3.8, 4) is 17.2 Å². The third kappa shape index (κ3) is 4.54. The lowest BCUT2D eigenvalue weighted by molar-refractivity contribution is 0.317. The molecule has 2 aromatic carbocycles. The van der Waals surface area contributed by atoms with Crippen molar-refractivity contribution < 1.29 is 22.6 Å². The Morgan fingerprint density at radius 2 is 1.81 bits per heavy atom. The maximum atomic E-state index is 12.6. The molecule has 0 unspecified atom stereocenters. The van der Waals surface area contributed by atoms with Gasteiger partial charge in [0.15, 0.2) is 0 Å². The Labute approximate surface area is 160 Å². The predicted octanol–water partition coefficient (Wildman–Crippen LogP) is 2.94. The second kappa shape index (κ2) is 8.63. The smallest absolute Gasteiger partial charge is 0.244 e. The van der Waals surface area contributed by atoms with Crippen molar-refractivity contribution in [1.29, 1.82) is 0 Å². The molecule has 0 saturated heterocycles. The van der Waals surface area contributed by atoms with Gasteiger partial charge in [-0.2, -0.15) is 0 Å². The SMILES string of the molecule is COc1ccc(S(=O)(=O)NCCOc2cccc3c2CCCC3)c(OC)c1. The molecule has 0 fully saturated rings. The lowest BCUT2D eigenvalue weighted by atomic mass is 9.91. The van der Waals surface area contributed by atoms with E-state index in [0.717, 1.165) is 25.0 Å². The van der Waals surface area contributed by atoms with Crippen LogP contribution in [0.3, 0.4) is 0 Å².